The van der Waals surface area contributed by atoms with E-state index in [1.165, 1.54) is 25.7 Å². The molecule has 64 valence electrons. The second kappa shape index (κ2) is 2.80. The van der Waals surface area contributed by atoms with Crippen LogP contribution in [0, 0.1) is 23.7 Å². The Kier molecular flexibility index (Phi) is 1.95. The van der Waals surface area contributed by atoms with Crippen LogP contribution < -0.4 is 0 Å². The minimum absolute atomic E-state index is 1.03. The molecule has 0 N–H and O–H groups in total. The van der Waals surface area contributed by atoms with Gasteiger partial charge in [-0.1, -0.05) is 26.7 Å². The normalized spacial score (nSPS) is 50.7. The lowest BCUT2D eigenvalue weighted by Crippen LogP contribution is -2.29. The Labute approximate surface area is 70.4 Å². The molecule has 4 atom stereocenters. The summed E-state index contributed by atoms with van der Waals surface area (Å²) in [5.41, 5.74) is 0. The highest BCUT2D eigenvalue weighted by Gasteiger charge is 2.36. The third-order valence-corrected chi connectivity index (χ3v) is 4.03. The topological polar surface area (TPSA) is 0 Å². The van der Waals surface area contributed by atoms with Gasteiger partial charge in [0, 0.05) is 0 Å². The van der Waals surface area contributed by atoms with Crippen molar-refractivity contribution in [2.45, 2.75) is 46.0 Å². The summed E-state index contributed by atoms with van der Waals surface area (Å²) in [4.78, 5) is 0. The lowest BCUT2D eigenvalue weighted by molar-refractivity contribution is 0.119. The van der Waals surface area contributed by atoms with Gasteiger partial charge in [-0.15, -0.1) is 0 Å². The molecular formula is C11H20. The van der Waals surface area contributed by atoms with Crippen LogP contribution in [0.5, 0.6) is 0 Å². The van der Waals surface area contributed by atoms with Crippen LogP contribution in [-0.4, -0.2) is 0 Å². The van der Waals surface area contributed by atoms with Gasteiger partial charge in [0.15, 0.2) is 0 Å². The Bertz CT molecular complexity index is 139. The first kappa shape index (κ1) is 7.64. The van der Waals surface area contributed by atoms with Gasteiger partial charge in [0.1, 0.15) is 0 Å². The maximum atomic E-state index is 2.44. The molecule has 0 spiro atoms. The number of hydrogen-bond acceptors (Lipinski definition) is 0. The van der Waals surface area contributed by atoms with Crippen molar-refractivity contribution in [3.05, 3.63) is 0 Å². The maximum absolute atomic E-state index is 2.44. The predicted octanol–water partition coefficient (Wildman–Crippen LogP) is 3.47. The van der Waals surface area contributed by atoms with Gasteiger partial charge in [0.05, 0.1) is 0 Å². The van der Waals surface area contributed by atoms with Crippen molar-refractivity contribution >= 4 is 0 Å². The summed E-state index contributed by atoms with van der Waals surface area (Å²) < 4.78 is 0. The third-order valence-electron chi connectivity index (χ3n) is 4.03. The monoisotopic (exact) mass is 152 g/mol. The second-order valence-electron chi connectivity index (χ2n) is 4.90. The average Bonchev–Trinajstić information content (AvgIpc) is 2.33. The number of rotatable bonds is 1. The van der Waals surface area contributed by atoms with E-state index in [0.29, 0.717) is 0 Å². The van der Waals surface area contributed by atoms with Crippen LogP contribution in [0.3, 0.4) is 0 Å². The Morgan fingerprint density at radius 3 is 2.09 bits per heavy atom. The molecule has 2 saturated carbocycles. The fourth-order valence-corrected chi connectivity index (χ4v) is 3.03. The first-order chi connectivity index (χ1) is 5.27. The molecule has 2 rings (SSSR count). The van der Waals surface area contributed by atoms with Crippen molar-refractivity contribution < 1.29 is 0 Å². The van der Waals surface area contributed by atoms with Crippen molar-refractivity contribution in [1.29, 1.82) is 0 Å². The Morgan fingerprint density at radius 2 is 1.73 bits per heavy atom. The van der Waals surface area contributed by atoms with Gasteiger partial charge in [-0.3, -0.25) is 0 Å². The minimum atomic E-state index is 1.03. The minimum Gasteiger partial charge on any atom is -0.0625 e. The SMILES string of the molecule is CC1CCC(C2CCC2C)C1. The summed E-state index contributed by atoms with van der Waals surface area (Å²) in [6.07, 6.45) is 7.63. The smallest absolute Gasteiger partial charge is 0.0360 e. The van der Waals surface area contributed by atoms with E-state index in [4.69, 9.17) is 0 Å². The van der Waals surface area contributed by atoms with Crippen LogP contribution in [0.25, 0.3) is 0 Å². The predicted molar refractivity (Wildman–Crippen MR) is 48.4 cm³/mol. The third kappa shape index (κ3) is 1.32. The van der Waals surface area contributed by atoms with Gasteiger partial charge in [0.25, 0.3) is 0 Å². The van der Waals surface area contributed by atoms with E-state index in [-0.39, 0.29) is 0 Å². The van der Waals surface area contributed by atoms with Crippen molar-refractivity contribution in [3.8, 4) is 0 Å². The Balaban J connectivity index is 1.86. The summed E-state index contributed by atoms with van der Waals surface area (Å²) in [6, 6.07) is 0. The number of hydrogen-bond donors (Lipinski definition) is 0. The van der Waals surface area contributed by atoms with E-state index >= 15 is 0 Å². The van der Waals surface area contributed by atoms with Crippen LogP contribution in [0.15, 0.2) is 0 Å². The zero-order valence-electron chi connectivity index (χ0n) is 7.84. The van der Waals surface area contributed by atoms with Gasteiger partial charge < -0.3 is 0 Å². The molecule has 11 heavy (non-hydrogen) atoms. The molecule has 0 nitrogen and oxygen atoms in total. The average molecular weight is 152 g/mol. The molecule has 0 heteroatoms. The van der Waals surface area contributed by atoms with Crippen molar-refractivity contribution in [1.82, 2.24) is 0 Å². The summed E-state index contributed by atoms with van der Waals surface area (Å²) in [5, 5.41) is 0. The summed E-state index contributed by atoms with van der Waals surface area (Å²) >= 11 is 0. The van der Waals surface area contributed by atoms with Gasteiger partial charge >= 0.3 is 0 Å². The summed E-state index contributed by atoms with van der Waals surface area (Å²) in [5.74, 6) is 4.34. The maximum Gasteiger partial charge on any atom is -0.0360 e. The zero-order valence-corrected chi connectivity index (χ0v) is 7.84. The molecular weight excluding hydrogens is 132 g/mol. The van der Waals surface area contributed by atoms with E-state index in [1.54, 1.807) is 6.42 Å². The van der Waals surface area contributed by atoms with Gasteiger partial charge in [-0.2, -0.15) is 0 Å². The van der Waals surface area contributed by atoms with Crippen LogP contribution in [0.1, 0.15) is 46.0 Å². The standard InChI is InChI=1S/C11H20/c1-8-3-5-10(7-8)11-6-4-9(11)2/h8-11H,3-7H2,1-2H3. The quantitative estimate of drug-likeness (QED) is 0.539. The zero-order chi connectivity index (χ0) is 7.84. The molecule has 0 saturated heterocycles. The Morgan fingerprint density at radius 1 is 0.909 bits per heavy atom. The highest BCUT2D eigenvalue weighted by Crippen LogP contribution is 2.47. The van der Waals surface area contributed by atoms with E-state index < -0.39 is 0 Å². The van der Waals surface area contributed by atoms with E-state index in [2.05, 4.69) is 13.8 Å². The first-order valence-corrected chi connectivity index (χ1v) is 5.27. The molecule has 0 aromatic heterocycles. The van der Waals surface area contributed by atoms with E-state index in [9.17, 15) is 0 Å². The second-order valence-corrected chi connectivity index (χ2v) is 4.90. The molecule has 4 unspecified atom stereocenters. The molecule has 0 heterocycles. The van der Waals surface area contributed by atoms with Gasteiger partial charge in [-0.25, -0.2) is 0 Å². The molecule has 0 aromatic rings. The first-order valence-electron chi connectivity index (χ1n) is 5.27. The van der Waals surface area contributed by atoms with E-state index in [0.717, 1.165) is 23.7 Å². The van der Waals surface area contributed by atoms with Crippen molar-refractivity contribution in [2.75, 3.05) is 0 Å². The molecule has 0 radical (unpaired) electrons. The van der Waals surface area contributed by atoms with Crippen LogP contribution in [0.2, 0.25) is 0 Å². The molecule has 0 aromatic carbocycles. The summed E-state index contributed by atoms with van der Waals surface area (Å²) in [7, 11) is 0. The molecule has 0 aliphatic heterocycles. The van der Waals surface area contributed by atoms with Crippen molar-refractivity contribution in [3.63, 3.8) is 0 Å². The summed E-state index contributed by atoms with van der Waals surface area (Å²) in [6.45, 7) is 4.86. The van der Waals surface area contributed by atoms with E-state index in [1.807, 2.05) is 0 Å². The Hall–Kier alpha value is 0. The molecule has 0 amide bonds. The van der Waals surface area contributed by atoms with Crippen LogP contribution in [-0.2, 0) is 0 Å². The largest absolute Gasteiger partial charge is 0.0625 e. The lowest BCUT2D eigenvalue weighted by atomic mass is 9.67. The lowest BCUT2D eigenvalue weighted by Gasteiger charge is -2.38. The molecule has 2 fully saturated rings. The van der Waals surface area contributed by atoms with Gasteiger partial charge in [0.2, 0.25) is 0 Å². The highest BCUT2D eigenvalue weighted by molar-refractivity contribution is 4.87. The fraction of sp³-hybridized carbons (Fsp3) is 1.00. The van der Waals surface area contributed by atoms with Crippen LogP contribution >= 0.6 is 0 Å². The highest BCUT2D eigenvalue weighted by atomic mass is 14.4. The van der Waals surface area contributed by atoms with Gasteiger partial charge in [-0.05, 0) is 42.9 Å². The molecule has 0 bridgehead atoms. The fourth-order valence-electron chi connectivity index (χ4n) is 3.03. The molecule has 2 aliphatic rings. The van der Waals surface area contributed by atoms with Crippen molar-refractivity contribution in [2.24, 2.45) is 23.7 Å². The molecule has 2 aliphatic carbocycles. The van der Waals surface area contributed by atoms with Crippen LogP contribution in [0.4, 0.5) is 0 Å².